The molecule has 1 aromatic heterocycles. The maximum atomic E-state index is 12.7. The fourth-order valence-electron chi connectivity index (χ4n) is 4.61. The van der Waals surface area contributed by atoms with Crippen LogP contribution < -0.4 is 15.6 Å². The van der Waals surface area contributed by atoms with Crippen LogP contribution in [0.15, 0.2) is 41.2 Å². The van der Waals surface area contributed by atoms with E-state index in [-0.39, 0.29) is 17.5 Å². The Morgan fingerprint density at radius 3 is 2.54 bits per heavy atom. The van der Waals surface area contributed by atoms with Gasteiger partial charge in [-0.3, -0.25) is 9.59 Å². The zero-order valence-corrected chi connectivity index (χ0v) is 21.5. The molecule has 0 bridgehead atoms. The van der Waals surface area contributed by atoms with Gasteiger partial charge in [0.2, 0.25) is 5.91 Å². The second kappa shape index (κ2) is 11.9. The SMILES string of the molecule is CCN(CC)CCCCOc1ccc(/C(=C\[C@H]2CCC(=O)N2)c2ccc(C3CC3)c(=O)[nH]2)cc1Cl. The van der Waals surface area contributed by atoms with E-state index in [2.05, 4.69) is 29.0 Å². The molecule has 2 fully saturated rings. The zero-order chi connectivity index (χ0) is 24.8. The summed E-state index contributed by atoms with van der Waals surface area (Å²) in [6, 6.07) is 9.55. The number of H-pyrrole nitrogens is 1. The van der Waals surface area contributed by atoms with Gasteiger partial charge in [0.05, 0.1) is 11.6 Å². The number of halogens is 1. The minimum absolute atomic E-state index is 0.0397. The van der Waals surface area contributed by atoms with Crippen LogP contribution in [-0.2, 0) is 4.79 Å². The molecule has 0 unspecified atom stereocenters. The van der Waals surface area contributed by atoms with Gasteiger partial charge in [0.1, 0.15) is 5.75 Å². The maximum absolute atomic E-state index is 12.7. The lowest BCUT2D eigenvalue weighted by atomic mass is 9.98. The molecule has 2 heterocycles. The first-order valence-corrected chi connectivity index (χ1v) is 13.3. The first-order valence-electron chi connectivity index (χ1n) is 12.9. The molecule has 7 heteroatoms. The highest BCUT2D eigenvalue weighted by Crippen LogP contribution is 2.38. The summed E-state index contributed by atoms with van der Waals surface area (Å²) >= 11 is 6.61. The van der Waals surface area contributed by atoms with Crippen molar-refractivity contribution in [2.24, 2.45) is 0 Å². The van der Waals surface area contributed by atoms with Crippen LogP contribution in [0, 0.1) is 0 Å². The van der Waals surface area contributed by atoms with Gasteiger partial charge >= 0.3 is 0 Å². The fourth-order valence-corrected chi connectivity index (χ4v) is 4.84. The second-order valence-corrected chi connectivity index (χ2v) is 9.86. The molecular weight excluding hydrogens is 462 g/mol. The molecule has 1 aliphatic heterocycles. The van der Waals surface area contributed by atoms with Gasteiger partial charge in [-0.25, -0.2) is 0 Å². The maximum Gasteiger partial charge on any atom is 0.251 e. The van der Waals surface area contributed by atoms with Gasteiger partial charge in [0, 0.05) is 29.3 Å². The normalized spacial score (nSPS) is 18.2. The summed E-state index contributed by atoms with van der Waals surface area (Å²) in [6.07, 6.45) is 7.46. The first-order chi connectivity index (χ1) is 17.0. The Labute approximate surface area is 212 Å². The molecule has 0 radical (unpaired) electrons. The third kappa shape index (κ3) is 6.77. The minimum Gasteiger partial charge on any atom is -0.492 e. The van der Waals surface area contributed by atoms with Crippen LogP contribution in [0.25, 0.3) is 5.57 Å². The third-order valence-electron chi connectivity index (χ3n) is 6.91. The minimum atomic E-state index is -0.0791. The van der Waals surface area contributed by atoms with Gasteiger partial charge in [-0.1, -0.05) is 43.7 Å². The van der Waals surface area contributed by atoms with Crippen molar-refractivity contribution >= 4 is 23.1 Å². The number of carbonyl (C=O) groups is 1. The number of hydrogen-bond acceptors (Lipinski definition) is 4. The fraction of sp³-hybridized carbons (Fsp3) is 0.500. The highest BCUT2D eigenvalue weighted by molar-refractivity contribution is 6.32. The van der Waals surface area contributed by atoms with Crippen molar-refractivity contribution in [3.63, 3.8) is 0 Å². The van der Waals surface area contributed by atoms with E-state index in [1.165, 1.54) is 0 Å². The molecule has 35 heavy (non-hydrogen) atoms. The Bertz CT molecular complexity index is 1120. The molecule has 1 aromatic carbocycles. The number of benzene rings is 1. The molecule has 1 saturated heterocycles. The molecular formula is C28H36ClN3O3. The number of hydrogen-bond donors (Lipinski definition) is 2. The number of nitrogens with zero attached hydrogens (tertiary/aromatic N) is 1. The van der Waals surface area contributed by atoms with Crippen LogP contribution >= 0.6 is 11.6 Å². The lowest BCUT2D eigenvalue weighted by Gasteiger charge is -2.17. The number of ether oxygens (including phenoxy) is 1. The molecule has 188 valence electrons. The highest BCUT2D eigenvalue weighted by Gasteiger charge is 2.27. The molecule has 0 spiro atoms. The van der Waals surface area contributed by atoms with Gasteiger partial charge in [0.15, 0.2) is 0 Å². The van der Waals surface area contributed by atoms with Crippen LogP contribution in [0.3, 0.4) is 0 Å². The topological polar surface area (TPSA) is 74.4 Å². The number of amides is 1. The summed E-state index contributed by atoms with van der Waals surface area (Å²) in [5.74, 6) is 1.09. The van der Waals surface area contributed by atoms with Crippen molar-refractivity contribution in [2.75, 3.05) is 26.2 Å². The largest absolute Gasteiger partial charge is 0.492 e. The van der Waals surface area contributed by atoms with Crippen molar-refractivity contribution in [2.45, 2.75) is 64.3 Å². The smallest absolute Gasteiger partial charge is 0.251 e. The summed E-state index contributed by atoms with van der Waals surface area (Å²) in [5.41, 5.74) is 3.26. The molecule has 2 aromatic rings. The van der Waals surface area contributed by atoms with E-state index in [1.54, 1.807) is 0 Å². The van der Waals surface area contributed by atoms with Gasteiger partial charge < -0.3 is 19.9 Å². The predicted octanol–water partition coefficient (Wildman–Crippen LogP) is 5.12. The number of rotatable bonds is 12. The van der Waals surface area contributed by atoms with Crippen LogP contribution in [-0.4, -0.2) is 48.1 Å². The van der Waals surface area contributed by atoms with E-state index in [0.29, 0.717) is 29.7 Å². The number of aromatic nitrogens is 1. The standard InChI is InChI=1S/C28H36ClN3O3/c1-3-32(4-2)15-5-6-16-35-26-13-9-20(17-24(26)29)23(18-21-10-14-27(33)30-21)25-12-11-22(19-7-8-19)28(34)31-25/h9,11-13,17-19,21H,3-8,10,14-16H2,1-2H3,(H,30,33)(H,31,34)/b23-18+/t21-/m1/s1. The number of unbranched alkanes of at least 4 members (excludes halogenated alkanes) is 1. The average molecular weight is 498 g/mol. The molecule has 4 rings (SSSR count). The van der Waals surface area contributed by atoms with E-state index < -0.39 is 0 Å². The molecule has 1 aliphatic carbocycles. The molecule has 1 amide bonds. The summed E-state index contributed by atoms with van der Waals surface area (Å²) in [5, 5.41) is 3.52. The lowest BCUT2D eigenvalue weighted by Crippen LogP contribution is -2.24. The summed E-state index contributed by atoms with van der Waals surface area (Å²) < 4.78 is 5.96. The van der Waals surface area contributed by atoms with E-state index in [0.717, 1.165) is 74.1 Å². The van der Waals surface area contributed by atoms with Crippen molar-refractivity contribution in [3.05, 3.63) is 68.6 Å². The summed E-state index contributed by atoms with van der Waals surface area (Å²) in [6.45, 7) is 8.20. The van der Waals surface area contributed by atoms with E-state index in [9.17, 15) is 9.59 Å². The van der Waals surface area contributed by atoms with Crippen LogP contribution in [0.4, 0.5) is 0 Å². The average Bonchev–Trinajstić information content (AvgIpc) is 3.61. The van der Waals surface area contributed by atoms with E-state index >= 15 is 0 Å². The van der Waals surface area contributed by atoms with Gasteiger partial charge in [-0.2, -0.15) is 0 Å². The van der Waals surface area contributed by atoms with Crippen molar-refractivity contribution in [1.82, 2.24) is 15.2 Å². The Kier molecular flexibility index (Phi) is 8.69. The first kappa shape index (κ1) is 25.5. The molecule has 1 saturated carbocycles. The van der Waals surface area contributed by atoms with E-state index in [1.807, 2.05) is 36.4 Å². The third-order valence-corrected chi connectivity index (χ3v) is 7.20. The Balaban J connectivity index is 1.50. The number of nitrogens with one attached hydrogen (secondary N) is 2. The van der Waals surface area contributed by atoms with Gasteiger partial charge in [-0.05, 0) is 81.4 Å². The Morgan fingerprint density at radius 1 is 1.11 bits per heavy atom. The number of aromatic amines is 1. The summed E-state index contributed by atoms with van der Waals surface area (Å²) in [7, 11) is 0. The van der Waals surface area contributed by atoms with Crippen molar-refractivity contribution in [3.8, 4) is 5.75 Å². The molecule has 2 N–H and O–H groups in total. The van der Waals surface area contributed by atoms with Gasteiger partial charge in [0.25, 0.3) is 5.56 Å². The number of carbonyl (C=O) groups excluding carboxylic acids is 1. The van der Waals surface area contributed by atoms with Crippen molar-refractivity contribution < 1.29 is 9.53 Å². The molecule has 6 nitrogen and oxygen atoms in total. The Morgan fingerprint density at radius 2 is 1.91 bits per heavy atom. The van der Waals surface area contributed by atoms with Crippen LogP contribution in [0.5, 0.6) is 5.75 Å². The zero-order valence-electron chi connectivity index (χ0n) is 20.7. The van der Waals surface area contributed by atoms with Gasteiger partial charge in [-0.15, -0.1) is 0 Å². The van der Waals surface area contributed by atoms with E-state index in [4.69, 9.17) is 16.3 Å². The Hall–Kier alpha value is -2.57. The predicted molar refractivity (Wildman–Crippen MR) is 141 cm³/mol. The highest BCUT2D eigenvalue weighted by atomic mass is 35.5. The van der Waals surface area contributed by atoms with Crippen molar-refractivity contribution in [1.29, 1.82) is 0 Å². The molecule has 1 atom stereocenters. The quantitative estimate of drug-likeness (QED) is 0.399. The molecule has 2 aliphatic rings. The van der Waals surface area contributed by atoms with Crippen LogP contribution in [0.1, 0.15) is 75.1 Å². The second-order valence-electron chi connectivity index (χ2n) is 9.45. The van der Waals surface area contributed by atoms with Crippen LogP contribution in [0.2, 0.25) is 5.02 Å². The monoisotopic (exact) mass is 497 g/mol. The lowest BCUT2D eigenvalue weighted by molar-refractivity contribution is -0.119. The number of pyridine rings is 1. The summed E-state index contributed by atoms with van der Waals surface area (Å²) in [4.78, 5) is 30.0.